The van der Waals surface area contributed by atoms with Gasteiger partial charge in [0.15, 0.2) is 11.4 Å². The van der Waals surface area contributed by atoms with Gasteiger partial charge >= 0.3 is 0 Å². The smallest absolute Gasteiger partial charge is 0.290 e. The molecule has 4 rings (SSSR count). The number of carbonyl (C=O) groups is 1. The Labute approximate surface area is 252 Å². The van der Waals surface area contributed by atoms with Crippen LogP contribution in [0.1, 0.15) is 11.4 Å². The first-order valence-electron chi connectivity index (χ1n) is 11.8. The lowest BCUT2D eigenvalue weighted by molar-refractivity contribution is -2.00. The van der Waals surface area contributed by atoms with Crippen LogP contribution in [-0.2, 0) is 38.4 Å². The molecule has 0 bridgehead atoms. The van der Waals surface area contributed by atoms with Crippen LogP contribution in [-0.4, -0.2) is 32.5 Å². The van der Waals surface area contributed by atoms with E-state index in [0.717, 1.165) is 27.2 Å². The minimum absolute atomic E-state index is 0.0797. The van der Waals surface area contributed by atoms with Gasteiger partial charge in [-0.25, -0.2) is 36.9 Å². The highest BCUT2D eigenvalue weighted by atomic mass is 35.7. The van der Waals surface area contributed by atoms with Crippen molar-refractivity contribution in [1.29, 1.82) is 0 Å². The van der Waals surface area contributed by atoms with Crippen LogP contribution in [0.3, 0.4) is 0 Å². The molecule has 3 N–H and O–H groups in total. The van der Waals surface area contributed by atoms with Gasteiger partial charge in [-0.1, -0.05) is 41.7 Å². The fourth-order valence-electron chi connectivity index (χ4n) is 3.70. The number of carbonyl (C=O) groups excluding carboxylic acids is 1. The Kier molecular flexibility index (Phi) is 10.5. The molecular formula is C24H25ClN6O9S3. The van der Waals surface area contributed by atoms with Gasteiger partial charge in [0, 0.05) is 38.7 Å². The SMILES string of the molecule is Cc1cc(-c2ccccc2)cc(C)[n+]1CC(=O)Nc1ccc(S(=O)(=O)/N=c2\sc(S(N)(=O)=O)nn2C)cc1.[O-][Cl+3]([O-])([O-])[O-]. The third-order valence-electron chi connectivity index (χ3n) is 5.55. The number of benzene rings is 2. The molecule has 0 fully saturated rings. The molecule has 0 atom stereocenters. The van der Waals surface area contributed by atoms with Crippen molar-refractivity contribution < 1.29 is 55.1 Å². The molecular weight excluding hydrogens is 648 g/mol. The second kappa shape index (κ2) is 13.4. The molecule has 0 radical (unpaired) electrons. The first kappa shape index (κ1) is 33.9. The van der Waals surface area contributed by atoms with Crippen molar-refractivity contribution in [3.8, 4) is 11.1 Å². The molecule has 0 unspecified atom stereocenters. The van der Waals surface area contributed by atoms with Crippen molar-refractivity contribution >= 4 is 43.0 Å². The Hall–Kier alpha value is -3.59. The van der Waals surface area contributed by atoms with Crippen LogP contribution in [0.15, 0.2) is 80.4 Å². The normalized spacial score (nSPS) is 12.4. The average molecular weight is 673 g/mol. The molecule has 2 aromatic carbocycles. The van der Waals surface area contributed by atoms with E-state index in [1.54, 1.807) is 0 Å². The highest BCUT2D eigenvalue weighted by molar-refractivity contribution is 7.91. The Balaban J connectivity index is 0.000000934. The van der Waals surface area contributed by atoms with E-state index < -0.39 is 34.6 Å². The van der Waals surface area contributed by atoms with Crippen molar-refractivity contribution in [3.05, 3.63) is 82.9 Å². The van der Waals surface area contributed by atoms with Gasteiger partial charge in [0.1, 0.15) is 0 Å². The molecule has 2 aromatic heterocycles. The second-order valence-electron chi connectivity index (χ2n) is 8.81. The minimum Gasteiger partial charge on any atom is -0.321 e. The quantitative estimate of drug-likeness (QED) is 0.187. The van der Waals surface area contributed by atoms with E-state index in [9.17, 15) is 21.6 Å². The first-order chi connectivity index (χ1) is 19.8. The Morgan fingerprint density at radius 2 is 1.51 bits per heavy atom. The number of anilines is 1. The lowest BCUT2D eigenvalue weighted by Gasteiger charge is -2.17. The molecule has 0 saturated carbocycles. The molecule has 43 heavy (non-hydrogen) atoms. The molecule has 0 aliphatic heterocycles. The molecule has 230 valence electrons. The lowest BCUT2D eigenvalue weighted by Crippen LogP contribution is -2.68. The topological polar surface area (TPSA) is 250 Å². The van der Waals surface area contributed by atoms with Crippen LogP contribution in [0.2, 0.25) is 0 Å². The van der Waals surface area contributed by atoms with Crippen LogP contribution >= 0.6 is 11.3 Å². The maximum absolute atomic E-state index is 12.7. The van der Waals surface area contributed by atoms with E-state index in [1.165, 1.54) is 31.3 Å². The fourth-order valence-corrected chi connectivity index (χ4v) is 6.47. The minimum atomic E-state index is -4.94. The standard InChI is InChI=1S/C24H24N6O5S3.ClHO4/c1-16-13-19(18-7-5-4-6-8-18)14-17(2)30(16)15-22(31)26-20-9-11-21(12-10-20)38(34,35)28-23-29(3)27-24(36-23)37(25,32)33;2-1(3,4)5/h4-14H,15H2,1-3H3,(H2-,25,26,31,32,33);(H,2,3,4,5)/b28-23-;. The van der Waals surface area contributed by atoms with Gasteiger partial charge in [0.05, 0.1) is 4.90 Å². The van der Waals surface area contributed by atoms with Gasteiger partial charge in [-0.2, -0.15) is 13.0 Å². The van der Waals surface area contributed by atoms with E-state index in [1.807, 2.05) is 60.9 Å². The molecule has 0 spiro atoms. The number of rotatable bonds is 7. The van der Waals surface area contributed by atoms with Crippen LogP contribution < -0.4 is 38.5 Å². The number of sulfonamides is 2. The number of nitrogens with zero attached hydrogens (tertiary/aromatic N) is 4. The van der Waals surface area contributed by atoms with E-state index in [-0.39, 0.29) is 22.1 Å². The fraction of sp³-hybridized carbons (Fsp3) is 0.167. The second-order valence-corrected chi connectivity index (χ2v) is 13.9. The lowest BCUT2D eigenvalue weighted by atomic mass is 10.0. The largest absolute Gasteiger partial charge is 0.321 e. The zero-order valence-electron chi connectivity index (χ0n) is 22.7. The van der Waals surface area contributed by atoms with Gasteiger partial charge in [-0.05, 0) is 35.4 Å². The third kappa shape index (κ3) is 9.99. The summed E-state index contributed by atoms with van der Waals surface area (Å²) in [5, 5.41) is 11.5. The monoisotopic (exact) mass is 672 g/mol. The summed E-state index contributed by atoms with van der Waals surface area (Å²) in [6, 6.07) is 19.5. The summed E-state index contributed by atoms with van der Waals surface area (Å²) in [5.41, 5.74) is 4.40. The number of aryl methyl sites for hydroxylation is 3. The average Bonchev–Trinajstić information content (AvgIpc) is 3.26. The van der Waals surface area contributed by atoms with Crippen molar-refractivity contribution in [3.63, 3.8) is 0 Å². The highest BCUT2D eigenvalue weighted by Gasteiger charge is 2.20. The highest BCUT2D eigenvalue weighted by Crippen LogP contribution is 2.20. The predicted octanol–water partition coefficient (Wildman–Crippen LogP) is -3.13. The summed E-state index contributed by atoms with van der Waals surface area (Å²) in [5.74, 6) is -0.277. The van der Waals surface area contributed by atoms with E-state index in [0.29, 0.717) is 17.0 Å². The number of aromatic nitrogens is 3. The zero-order valence-corrected chi connectivity index (χ0v) is 25.9. The predicted molar refractivity (Wildman–Crippen MR) is 142 cm³/mol. The summed E-state index contributed by atoms with van der Waals surface area (Å²) < 4.78 is 88.5. The number of nitrogens with one attached hydrogen (secondary N) is 1. The summed E-state index contributed by atoms with van der Waals surface area (Å²) in [6.45, 7) is 3.95. The number of pyridine rings is 1. The Morgan fingerprint density at radius 1 is 0.977 bits per heavy atom. The van der Waals surface area contributed by atoms with E-state index in [2.05, 4.69) is 14.8 Å². The summed E-state index contributed by atoms with van der Waals surface area (Å²) in [4.78, 5) is 12.4. The number of amides is 1. The van der Waals surface area contributed by atoms with Crippen LogP contribution in [0.5, 0.6) is 0 Å². The van der Waals surface area contributed by atoms with Crippen molar-refractivity contribution in [2.75, 3.05) is 5.32 Å². The van der Waals surface area contributed by atoms with Crippen molar-refractivity contribution in [2.24, 2.45) is 16.6 Å². The molecule has 0 aliphatic rings. The Bertz CT molecular complexity index is 1880. The molecule has 15 nitrogen and oxygen atoms in total. The first-order valence-corrected chi connectivity index (χ1v) is 16.8. The summed E-state index contributed by atoms with van der Waals surface area (Å²) in [6.07, 6.45) is 0. The number of nitrogens with two attached hydrogens (primary N) is 1. The number of hydrogen-bond donors (Lipinski definition) is 2. The molecule has 4 aromatic rings. The van der Waals surface area contributed by atoms with Gasteiger partial charge in [0.2, 0.25) is 15.7 Å². The van der Waals surface area contributed by atoms with Crippen molar-refractivity contribution in [2.45, 2.75) is 29.6 Å². The maximum Gasteiger partial charge on any atom is 0.290 e. The summed E-state index contributed by atoms with van der Waals surface area (Å²) in [7, 11) is -11.9. The van der Waals surface area contributed by atoms with Gasteiger partial charge in [-0.3, -0.25) is 4.79 Å². The van der Waals surface area contributed by atoms with Gasteiger partial charge in [0.25, 0.3) is 26.0 Å². The van der Waals surface area contributed by atoms with Crippen molar-refractivity contribution in [1.82, 2.24) is 9.78 Å². The van der Waals surface area contributed by atoms with Crippen LogP contribution in [0, 0.1) is 24.1 Å². The Morgan fingerprint density at radius 3 is 2.00 bits per heavy atom. The maximum atomic E-state index is 12.7. The number of primary sulfonamides is 1. The molecule has 0 aliphatic carbocycles. The van der Waals surface area contributed by atoms with E-state index in [4.69, 9.17) is 23.8 Å². The van der Waals surface area contributed by atoms with Crippen LogP contribution in [0.25, 0.3) is 11.1 Å². The van der Waals surface area contributed by atoms with E-state index >= 15 is 0 Å². The molecule has 1 amide bonds. The third-order valence-corrected chi connectivity index (χ3v) is 9.26. The number of hydrogen-bond acceptors (Lipinski definition) is 11. The number of halogens is 1. The van der Waals surface area contributed by atoms with Crippen LogP contribution in [0.4, 0.5) is 5.69 Å². The van der Waals surface area contributed by atoms with Gasteiger partial charge in [-0.15, -0.1) is 19.7 Å². The van der Waals surface area contributed by atoms with Gasteiger partial charge < -0.3 is 5.32 Å². The molecule has 0 saturated heterocycles. The molecule has 19 heteroatoms. The molecule has 2 heterocycles. The summed E-state index contributed by atoms with van der Waals surface area (Å²) >= 11 is 0.536. The zero-order chi connectivity index (χ0) is 32.2.